The van der Waals surface area contributed by atoms with Crippen LogP contribution in [0.5, 0.6) is 0 Å². The van der Waals surface area contributed by atoms with E-state index in [1.807, 2.05) is 19.1 Å². The summed E-state index contributed by atoms with van der Waals surface area (Å²) in [5.41, 5.74) is 2.34. The van der Waals surface area contributed by atoms with E-state index >= 15 is 0 Å². The van der Waals surface area contributed by atoms with Gasteiger partial charge in [-0.25, -0.2) is 0 Å². The standard InChI is InChI=1S/C16H23N3O2/c1-4-12-11(7-8-13(18-12)10(2)3)15(20)19-14-6-5-9-17-16(14)21/h7-8,10,14H,4-6,9H2,1-3H3,(H,17,21)(H,19,20)/t14-/m0/s1. The molecule has 2 amide bonds. The number of pyridine rings is 1. The highest BCUT2D eigenvalue weighted by atomic mass is 16.2. The van der Waals surface area contributed by atoms with Crippen molar-refractivity contribution in [2.24, 2.45) is 0 Å². The highest BCUT2D eigenvalue weighted by Gasteiger charge is 2.25. The van der Waals surface area contributed by atoms with Crippen molar-refractivity contribution in [1.29, 1.82) is 0 Å². The molecule has 1 atom stereocenters. The van der Waals surface area contributed by atoms with Crippen LogP contribution in [0.4, 0.5) is 0 Å². The Morgan fingerprint density at radius 2 is 2.24 bits per heavy atom. The fraction of sp³-hybridized carbons (Fsp3) is 0.562. The van der Waals surface area contributed by atoms with Gasteiger partial charge in [0.25, 0.3) is 5.91 Å². The summed E-state index contributed by atoms with van der Waals surface area (Å²) in [4.78, 5) is 28.7. The Hall–Kier alpha value is -1.91. The first-order chi connectivity index (χ1) is 10.0. The third-order valence-corrected chi connectivity index (χ3v) is 3.76. The number of nitrogens with zero attached hydrogens (tertiary/aromatic N) is 1. The normalized spacial score (nSPS) is 18.5. The summed E-state index contributed by atoms with van der Waals surface area (Å²) in [7, 11) is 0. The second-order valence-corrected chi connectivity index (χ2v) is 5.70. The molecule has 1 aliphatic heterocycles. The summed E-state index contributed by atoms with van der Waals surface area (Å²) in [6.45, 7) is 6.83. The molecule has 0 unspecified atom stereocenters. The van der Waals surface area contributed by atoms with Crippen LogP contribution in [0.3, 0.4) is 0 Å². The molecule has 0 bridgehead atoms. The number of carbonyl (C=O) groups is 2. The van der Waals surface area contributed by atoms with E-state index < -0.39 is 6.04 Å². The number of nitrogens with one attached hydrogen (secondary N) is 2. The third-order valence-electron chi connectivity index (χ3n) is 3.76. The van der Waals surface area contributed by atoms with Crippen LogP contribution in [-0.2, 0) is 11.2 Å². The summed E-state index contributed by atoms with van der Waals surface area (Å²) in [5, 5.41) is 5.59. The number of aryl methyl sites for hydroxylation is 1. The predicted molar refractivity (Wildman–Crippen MR) is 81.2 cm³/mol. The molecule has 21 heavy (non-hydrogen) atoms. The van der Waals surface area contributed by atoms with Crippen molar-refractivity contribution in [3.8, 4) is 0 Å². The van der Waals surface area contributed by atoms with Gasteiger partial charge < -0.3 is 10.6 Å². The maximum absolute atomic E-state index is 12.4. The van der Waals surface area contributed by atoms with Crippen molar-refractivity contribution < 1.29 is 9.59 Å². The molecule has 5 heteroatoms. The van der Waals surface area contributed by atoms with Crippen molar-refractivity contribution in [1.82, 2.24) is 15.6 Å². The van der Waals surface area contributed by atoms with Gasteiger partial charge in [0.05, 0.1) is 11.3 Å². The van der Waals surface area contributed by atoms with Crippen LogP contribution in [-0.4, -0.2) is 29.4 Å². The van der Waals surface area contributed by atoms with Gasteiger partial charge in [0, 0.05) is 12.2 Å². The van der Waals surface area contributed by atoms with Crippen LogP contribution in [0.25, 0.3) is 0 Å². The Bertz CT molecular complexity index is 540. The topological polar surface area (TPSA) is 71.1 Å². The lowest BCUT2D eigenvalue weighted by Gasteiger charge is -2.23. The lowest BCUT2D eigenvalue weighted by Crippen LogP contribution is -2.50. The molecule has 1 fully saturated rings. The Morgan fingerprint density at radius 3 is 2.86 bits per heavy atom. The van der Waals surface area contributed by atoms with Crippen LogP contribution >= 0.6 is 0 Å². The Morgan fingerprint density at radius 1 is 1.48 bits per heavy atom. The van der Waals surface area contributed by atoms with Crippen LogP contribution < -0.4 is 10.6 Å². The Balaban J connectivity index is 2.16. The summed E-state index contributed by atoms with van der Waals surface area (Å²) < 4.78 is 0. The zero-order valence-electron chi connectivity index (χ0n) is 12.9. The molecule has 1 saturated heterocycles. The van der Waals surface area contributed by atoms with E-state index in [0.29, 0.717) is 30.9 Å². The van der Waals surface area contributed by atoms with E-state index in [4.69, 9.17) is 0 Å². The van der Waals surface area contributed by atoms with Gasteiger partial charge in [0.2, 0.25) is 5.91 Å². The molecule has 114 valence electrons. The molecule has 5 nitrogen and oxygen atoms in total. The maximum atomic E-state index is 12.4. The summed E-state index contributed by atoms with van der Waals surface area (Å²) in [5.74, 6) is 0.0210. The van der Waals surface area contributed by atoms with E-state index in [2.05, 4.69) is 29.5 Å². The minimum Gasteiger partial charge on any atom is -0.354 e. The van der Waals surface area contributed by atoms with Gasteiger partial charge in [0.15, 0.2) is 0 Å². The zero-order chi connectivity index (χ0) is 15.4. The molecular formula is C16H23N3O2. The molecule has 2 rings (SSSR count). The smallest absolute Gasteiger partial charge is 0.253 e. The van der Waals surface area contributed by atoms with Crippen LogP contribution in [0.1, 0.15) is 61.3 Å². The zero-order valence-corrected chi connectivity index (χ0v) is 12.9. The second kappa shape index (κ2) is 6.70. The van der Waals surface area contributed by atoms with Gasteiger partial charge in [0.1, 0.15) is 6.04 Å². The third kappa shape index (κ3) is 3.60. The SMILES string of the molecule is CCc1nc(C(C)C)ccc1C(=O)N[C@H]1CCCNC1=O. The average Bonchev–Trinajstić information content (AvgIpc) is 2.48. The lowest BCUT2D eigenvalue weighted by molar-refractivity contribution is -0.124. The molecule has 0 aliphatic carbocycles. The van der Waals surface area contributed by atoms with E-state index in [1.165, 1.54) is 0 Å². The van der Waals surface area contributed by atoms with Crippen molar-refractivity contribution in [3.63, 3.8) is 0 Å². The molecule has 1 aromatic rings. The molecule has 1 aromatic heterocycles. The van der Waals surface area contributed by atoms with Gasteiger partial charge in [-0.05, 0) is 37.3 Å². The fourth-order valence-electron chi connectivity index (χ4n) is 2.46. The molecule has 0 saturated carbocycles. The Kier molecular flexibility index (Phi) is 4.94. The van der Waals surface area contributed by atoms with E-state index in [9.17, 15) is 9.59 Å². The molecule has 2 N–H and O–H groups in total. The summed E-state index contributed by atoms with van der Waals surface area (Å²) >= 11 is 0. The second-order valence-electron chi connectivity index (χ2n) is 5.70. The van der Waals surface area contributed by atoms with Crippen LogP contribution in [0.15, 0.2) is 12.1 Å². The predicted octanol–water partition coefficient (Wildman–Crippen LogP) is 1.78. The van der Waals surface area contributed by atoms with Crippen molar-refractivity contribution >= 4 is 11.8 Å². The minimum atomic E-state index is -0.430. The number of hydrogen-bond acceptors (Lipinski definition) is 3. The van der Waals surface area contributed by atoms with Gasteiger partial charge in [-0.2, -0.15) is 0 Å². The van der Waals surface area contributed by atoms with Gasteiger partial charge in [-0.1, -0.05) is 20.8 Å². The van der Waals surface area contributed by atoms with Crippen molar-refractivity contribution in [3.05, 3.63) is 29.1 Å². The number of rotatable bonds is 4. The van der Waals surface area contributed by atoms with Gasteiger partial charge in [-0.15, -0.1) is 0 Å². The molecule has 1 aliphatic rings. The van der Waals surface area contributed by atoms with E-state index in [-0.39, 0.29) is 11.8 Å². The van der Waals surface area contributed by atoms with E-state index in [1.54, 1.807) is 0 Å². The minimum absolute atomic E-state index is 0.0978. The largest absolute Gasteiger partial charge is 0.354 e. The molecule has 0 aromatic carbocycles. The monoisotopic (exact) mass is 289 g/mol. The van der Waals surface area contributed by atoms with Gasteiger partial charge in [-0.3, -0.25) is 14.6 Å². The number of aromatic nitrogens is 1. The van der Waals surface area contributed by atoms with Crippen molar-refractivity contribution in [2.45, 2.75) is 52.0 Å². The number of carbonyl (C=O) groups excluding carboxylic acids is 2. The summed E-state index contributed by atoms with van der Waals surface area (Å²) in [6.07, 6.45) is 2.28. The molecule has 2 heterocycles. The number of amides is 2. The average molecular weight is 289 g/mol. The van der Waals surface area contributed by atoms with Crippen LogP contribution in [0.2, 0.25) is 0 Å². The molecule has 0 spiro atoms. The first-order valence-electron chi connectivity index (χ1n) is 7.61. The fourth-order valence-corrected chi connectivity index (χ4v) is 2.46. The quantitative estimate of drug-likeness (QED) is 0.887. The van der Waals surface area contributed by atoms with Crippen LogP contribution in [0, 0.1) is 0 Å². The lowest BCUT2D eigenvalue weighted by atomic mass is 10.0. The van der Waals surface area contributed by atoms with Crippen molar-refractivity contribution in [2.75, 3.05) is 6.54 Å². The number of hydrogen-bond donors (Lipinski definition) is 2. The highest BCUT2D eigenvalue weighted by Crippen LogP contribution is 2.16. The first-order valence-corrected chi connectivity index (χ1v) is 7.61. The summed E-state index contributed by atoms with van der Waals surface area (Å²) in [6, 6.07) is 3.28. The molecular weight excluding hydrogens is 266 g/mol. The van der Waals surface area contributed by atoms with Gasteiger partial charge >= 0.3 is 0 Å². The van der Waals surface area contributed by atoms with E-state index in [0.717, 1.165) is 17.8 Å². The Labute approximate surface area is 125 Å². The first kappa shape index (κ1) is 15.5. The highest BCUT2D eigenvalue weighted by molar-refractivity contribution is 5.98. The maximum Gasteiger partial charge on any atom is 0.253 e. The molecule has 0 radical (unpaired) electrons. The number of piperidine rings is 1.